The van der Waals surface area contributed by atoms with E-state index in [2.05, 4.69) is 14.7 Å². The Bertz CT molecular complexity index is 1040. The van der Waals surface area contributed by atoms with Gasteiger partial charge in [-0.05, 0) is 18.2 Å². The van der Waals surface area contributed by atoms with Crippen LogP contribution in [0.15, 0.2) is 47.0 Å². The summed E-state index contributed by atoms with van der Waals surface area (Å²) in [5, 5.41) is 4.30. The van der Waals surface area contributed by atoms with Crippen LogP contribution < -0.4 is 0 Å². The Labute approximate surface area is 166 Å². The van der Waals surface area contributed by atoms with E-state index in [1.54, 1.807) is 12.1 Å². The van der Waals surface area contributed by atoms with Crippen molar-refractivity contribution in [1.82, 2.24) is 15.2 Å². The summed E-state index contributed by atoms with van der Waals surface area (Å²) in [5.41, 5.74) is 0.196. The first kappa shape index (κ1) is 20.7. The molecule has 0 N–H and O–H groups in total. The highest BCUT2D eigenvalue weighted by Crippen LogP contribution is 2.30. The summed E-state index contributed by atoms with van der Waals surface area (Å²) >= 11 is 6.00. The third-order valence-corrected chi connectivity index (χ3v) is 4.17. The van der Waals surface area contributed by atoms with Gasteiger partial charge in [0.25, 0.3) is 5.91 Å². The van der Waals surface area contributed by atoms with Crippen LogP contribution in [0.4, 0.5) is 17.6 Å². The monoisotopic (exact) mass is 429 g/mol. The highest BCUT2D eigenvalue weighted by Gasteiger charge is 2.38. The number of amides is 1. The molecular weight excluding hydrogens is 418 g/mol. The molecule has 152 valence electrons. The third-order valence-electron chi connectivity index (χ3n) is 3.84. The van der Waals surface area contributed by atoms with Crippen molar-refractivity contribution in [3.8, 4) is 11.4 Å². The van der Waals surface area contributed by atoms with E-state index in [1.807, 2.05) is 0 Å². The fraction of sp³-hybridized carbons (Fsp3) is 0.167. The Kier molecular flexibility index (Phi) is 5.85. The first-order valence-electron chi connectivity index (χ1n) is 8.01. The highest BCUT2D eigenvalue weighted by molar-refractivity contribution is 6.33. The molecular formula is C18H12ClF4N3O3. The molecule has 0 aliphatic heterocycles. The van der Waals surface area contributed by atoms with Gasteiger partial charge in [-0.1, -0.05) is 41.0 Å². The van der Waals surface area contributed by atoms with Crippen molar-refractivity contribution >= 4 is 17.5 Å². The topological polar surface area (TPSA) is 68.5 Å². The molecule has 1 aromatic heterocycles. The number of alkyl halides is 3. The fourth-order valence-corrected chi connectivity index (χ4v) is 2.63. The second-order valence-corrected chi connectivity index (χ2v) is 6.14. The van der Waals surface area contributed by atoms with E-state index in [0.29, 0.717) is 0 Å². The molecule has 3 rings (SSSR count). The van der Waals surface area contributed by atoms with E-state index in [4.69, 9.17) is 16.4 Å². The van der Waals surface area contributed by atoms with Gasteiger partial charge >= 0.3 is 12.1 Å². The van der Waals surface area contributed by atoms with Crippen LogP contribution in [0.3, 0.4) is 0 Å². The van der Waals surface area contributed by atoms with Gasteiger partial charge in [0, 0.05) is 11.1 Å². The lowest BCUT2D eigenvalue weighted by molar-refractivity contribution is -0.159. The maximum Gasteiger partial charge on any atom is 0.471 e. The Morgan fingerprint density at radius 2 is 1.97 bits per heavy atom. The molecule has 0 aliphatic carbocycles. The minimum Gasteiger partial charge on any atom is -0.329 e. The molecule has 0 aliphatic rings. The summed E-state index contributed by atoms with van der Waals surface area (Å²) in [4.78, 5) is 20.8. The van der Waals surface area contributed by atoms with E-state index >= 15 is 0 Å². The first-order valence-corrected chi connectivity index (χ1v) is 8.38. The number of hydrogen-bond donors (Lipinski definition) is 0. The number of carbonyl (C=O) groups excluding carboxylic acids is 1. The summed E-state index contributed by atoms with van der Waals surface area (Å²) in [5.74, 6) is -3.34. The smallest absolute Gasteiger partial charge is 0.329 e. The van der Waals surface area contributed by atoms with Crippen LogP contribution in [0.25, 0.3) is 11.4 Å². The highest BCUT2D eigenvalue weighted by atomic mass is 35.5. The van der Waals surface area contributed by atoms with Gasteiger partial charge in [0.2, 0.25) is 5.82 Å². The van der Waals surface area contributed by atoms with Crippen molar-refractivity contribution in [3.05, 3.63) is 70.3 Å². The van der Waals surface area contributed by atoms with Gasteiger partial charge in [-0.25, -0.2) is 9.45 Å². The quantitative estimate of drug-likeness (QED) is 0.432. The van der Waals surface area contributed by atoms with Crippen LogP contribution in [0.5, 0.6) is 0 Å². The number of hydroxylamine groups is 2. The van der Waals surface area contributed by atoms with Crippen LogP contribution in [0, 0.1) is 5.82 Å². The Morgan fingerprint density at radius 1 is 1.24 bits per heavy atom. The molecule has 29 heavy (non-hydrogen) atoms. The molecule has 0 bridgehead atoms. The molecule has 11 heteroatoms. The van der Waals surface area contributed by atoms with Crippen LogP contribution in [-0.2, 0) is 17.6 Å². The fourth-order valence-electron chi connectivity index (χ4n) is 2.41. The van der Waals surface area contributed by atoms with Gasteiger partial charge in [-0.2, -0.15) is 18.2 Å². The normalized spacial score (nSPS) is 11.5. The second kappa shape index (κ2) is 8.18. The standard InChI is InChI=1S/C18H12ClF4N3O3/c1-28-26(16(27)12-4-2-3-5-13(12)19)9-11-7-6-10(8-14(11)20)15-24-17(29-25-15)18(21,22)23/h2-8H,9H2,1H3. The van der Waals surface area contributed by atoms with E-state index in [9.17, 15) is 22.4 Å². The molecule has 1 heterocycles. The Hall–Kier alpha value is -2.98. The largest absolute Gasteiger partial charge is 0.471 e. The number of benzene rings is 2. The van der Waals surface area contributed by atoms with E-state index in [-0.39, 0.29) is 28.3 Å². The van der Waals surface area contributed by atoms with E-state index in [1.165, 1.54) is 31.4 Å². The molecule has 0 fully saturated rings. The minimum atomic E-state index is -4.80. The first-order chi connectivity index (χ1) is 13.7. The predicted molar refractivity (Wildman–Crippen MR) is 93.0 cm³/mol. The average molecular weight is 430 g/mol. The molecule has 0 unspecified atom stereocenters. The zero-order chi connectivity index (χ0) is 21.2. The minimum absolute atomic E-state index is 0.0214. The third kappa shape index (κ3) is 4.54. The van der Waals surface area contributed by atoms with Gasteiger partial charge in [0.15, 0.2) is 0 Å². The molecule has 2 aromatic carbocycles. The predicted octanol–water partition coefficient (Wildman–Crippen LogP) is 4.75. The van der Waals surface area contributed by atoms with Gasteiger partial charge in [-0.3, -0.25) is 9.63 Å². The van der Waals surface area contributed by atoms with Gasteiger partial charge in [-0.15, -0.1) is 0 Å². The van der Waals surface area contributed by atoms with Gasteiger partial charge in [0.05, 0.1) is 24.2 Å². The van der Waals surface area contributed by atoms with Crippen molar-refractivity contribution in [2.45, 2.75) is 12.7 Å². The number of aromatic nitrogens is 2. The lowest BCUT2D eigenvalue weighted by Gasteiger charge is -2.20. The number of carbonyl (C=O) groups is 1. The lowest BCUT2D eigenvalue weighted by Crippen LogP contribution is -2.30. The Morgan fingerprint density at radius 3 is 2.55 bits per heavy atom. The zero-order valence-corrected chi connectivity index (χ0v) is 15.5. The summed E-state index contributed by atoms with van der Waals surface area (Å²) in [6.45, 7) is -0.271. The zero-order valence-electron chi connectivity index (χ0n) is 14.7. The van der Waals surface area contributed by atoms with Gasteiger partial charge < -0.3 is 4.52 Å². The van der Waals surface area contributed by atoms with Crippen LogP contribution in [-0.4, -0.2) is 28.2 Å². The van der Waals surface area contributed by atoms with Gasteiger partial charge in [0.1, 0.15) is 5.82 Å². The van der Waals surface area contributed by atoms with Crippen molar-refractivity contribution in [2.75, 3.05) is 7.11 Å². The lowest BCUT2D eigenvalue weighted by atomic mass is 10.1. The molecule has 0 radical (unpaired) electrons. The summed E-state index contributed by atoms with van der Waals surface area (Å²) in [6.07, 6.45) is -4.80. The summed E-state index contributed by atoms with van der Waals surface area (Å²) in [6, 6.07) is 9.80. The molecule has 0 spiro atoms. The van der Waals surface area contributed by atoms with Crippen LogP contribution in [0.2, 0.25) is 5.02 Å². The van der Waals surface area contributed by atoms with Crippen molar-refractivity contribution in [2.24, 2.45) is 0 Å². The second-order valence-electron chi connectivity index (χ2n) is 5.73. The SMILES string of the molecule is CON(Cc1ccc(-c2noc(C(F)(F)F)n2)cc1F)C(=O)c1ccccc1Cl. The van der Waals surface area contributed by atoms with Crippen molar-refractivity contribution in [3.63, 3.8) is 0 Å². The van der Waals surface area contributed by atoms with E-state index in [0.717, 1.165) is 11.1 Å². The van der Waals surface area contributed by atoms with Crippen LogP contribution in [0.1, 0.15) is 21.8 Å². The van der Waals surface area contributed by atoms with Crippen molar-refractivity contribution < 1.29 is 31.7 Å². The molecule has 0 saturated heterocycles. The summed E-state index contributed by atoms with van der Waals surface area (Å²) in [7, 11) is 1.24. The van der Waals surface area contributed by atoms with Crippen LogP contribution >= 0.6 is 11.6 Å². The van der Waals surface area contributed by atoms with E-state index < -0.39 is 29.6 Å². The number of nitrogens with zero attached hydrogens (tertiary/aromatic N) is 3. The number of rotatable bonds is 5. The maximum absolute atomic E-state index is 14.5. The number of hydrogen-bond acceptors (Lipinski definition) is 5. The Balaban J connectivity index is 1.82. The maximum atomic E-state index is 14.5. The molecule has 0 saturated carbocycles. The average Bonchev–Trinajstić information content (AvgIpc) is 3.17. The van der Waals surface area contributed by atoms with Crippen molar-refractivity contribution in [1.29, 1.82) is 0 Å². The molecule has 6 nitrogen and oxygen atoms in total. The molecule has 1 amide bonds. The number of halogens is 5. The molecule has 3 aromatic rings. The molecule has 0 atom stereocenters. The summed E-state index contributed by atoms with van der Waals surface area (Å²) < 4.78 is 56.3.